The number of aliphatic imine (C=N–C) groups is 1. The Morgan fingerprint density at radius 1 is 1.58 bits per heavy atom. The van der Waals surface area contributed by atoms with Gasteiger partial charge < -0.3 is 15.2 Å². The molecule has 2 unspecified atom stereocenters. The molecule has 1 heterocycles. The van der Waals surface area contributed by atoms with Crippen LogP contribution in [0.2, 0.25) is 0 Å². The number of hydrogen-bond acceptors (Lipinski definition) is 5. The quantitative estimate of drug-likeness (QED) is 0.615. The van der Waals surface area contributed by atoms with E-state index in [2.05, 4.69) is 31.8 Å². The molecule has 0 saturated heterocycles. The van der Waals surface area contributed by atoms with Crippen LogP contribution in [0.5, 0.6) is 0 Å². The summed E-state index contributed by atoms with van der Waals surface area (Å²) in [5.41, 5.74) is 0. The van der Waals surface area contributed by atoms with Gasteiger partial charge in [-0.05, 0) is 19.3 Å². The van der Waals surface area contributed by atoms with Crippen molar-refractivity contribution in [1.29, 1.82) is 5.26 Å². The molecule has 1 saturated carbocycles. The average Bonchev–Trinajstić information content (AvgIpc) is 3.03. The third kappa shape index (κ3) is 3.44. The molecule has 7 nitrogen and oxygen atoms in total. The molecule has 2 rings (SSSR count). The van der Waals surface area contributed by atoms with Gasteiger partial charge in [0.15, 0.2) is 11.8 Å². The van der Waals surface area contributed by atoms with Crippen molar-refractivity contribution in [3.05, 3.63) is 11.7 Å². The van der Waals surface area contributed by atoms with Gasteiger partial charge in [-0.1, -0.05) is 5.16 Å². The van der Waals surface area contributed by atoms with E-state index < -0.39 is 0 Å². The second-order valence-electron chi connectivity index (χ2n) is 4.57. The Balaban J connectivity index is 1.85. The Morgan fingerprint density at radius 2 is 2.42 bits per heavy atom. The van der Waals surface area contributed by atoms with E-state index in [9.17, 15) is 0 Å². The fraction of sp³-hybridized carbons (Fsp3) is 0.667. The monoisotopic (exact) mass is 262 g/mol. The second-order valence-corrected chi connectivity index (χ2v) is 4.57. The van der Waals surface area contributed by atoms with Crippen LogP contribution in [0.4, 0.5) is 0 Å². The Kier molecular flexibility index (Phi) is 4.34. The normalized spacial score (nSPS) is 23.1. The topological polar surface area (TPSA) is 99.1 Å². The van der Waals surface area contributed by atoms with E-state index in [1.807, 2.05) is 0 Å². The van der Waals surface area contributed by atoms with Crippen LogP contribution in [0.1, 0.15) is 31.0 Å². The Morgan fingerprint density at radius 3 is 3.05 bits per heavy atom. The lowest BCUT2D eigenvalue weighted by Gasteiger charge is -2.18. The van der Waals surface area contributed by atoms with E-state index in [4.69, 9.17) is 9.78 Å². The third-order valence-corrected chi connectivity index (χ3v) is 3.21. The van der Waals surface area contributed by atoms with Gasteiger partial charge in [0.2, 0.25) is 5.89 Å². The van der Waals surface area contributed by atoms with E-state index in [-0.39, 0.29) is 12.0 Å². The molecule has 0 amide bonds. The maximum Gasteiger partial charge on any atom is 0.223 e. The van der Waals surface area contributed by atoms with Gasteiger partial charge in [0.25, 0.3) is 0 Å². The zero-order valence-corrected chi connectivity index (χ0v) is 11.2. The van der Waals surface area contributed by atoms with Crippen molar-refractivity contribution < 1.29 is 4.52 Å². The van der Waals surface area contributed by atoms with Crippen LogP contribution >= 0.6 is 0 Å². The van der Waals surface area contributed by atoms with Crippen LogP contribution in [-0.2, 0) is 6.54 Å². The van der Waals surface area contributed by atoms with E-state index >= 15 is 0 Å². The molecule has 1 aliphatic carbocycles. The highest BCUT2D eigenvalue weighted by atomic mass is 16.5. The lowest BCUT2D eigenvalue weighted by Crippen LogP contribution is -2.44. The van der Waals surface area contributed by atoms with Gasteiger partial charge in [-0.15, -0.1) is 0 Å². The fourth-order valence-corrected chi connectivity index (χ4v) is 2.23. The number of aromatic nitrogens is 2. The minimum atomic E-state index is 0.0611. The van der Waals surface area contributed by atoms with Gasteiger partial charge in [0.05, 0.1) is 18.5 Å². The molecule has 2 atom stereocenters. The summed E-state index contributed by atoms with van der Waals surface area (Å²) in [5.74, 6) is 1.85. The van der Waals surface area contributed by atoms with Crippen LogP contribution < -0.4 is 10.6 Å². The lowest BCUT2D eigenvalue weighted by molar-refractivity contribution is 0.386. The molecule has 0 aliphatic heterocycles. The molecule has 0 aromatic carbocycles. The summed E-state index contributed by atoms with van der Waals surface area (Å²) in [6.45, 7) is 2.20. The summed E-state index contributed by atoms with van der Waals surface area (Å²) in [5, 5.41) is 19.2. The number of hydrogen-bond donors (Lipinski definition) is 2. The first-order valence-electron chi connectivity index (χ1n) is 6.39. The molecule has 0 spiro atoms. The summed E-state index contributed by atoms with van der Waals surface area (Å²) >= 11 is 0. The van der Waals surface area contributed by atoms with Gasteiger partial charge in [-0.2, -0.15) is 10.2 Å². The van der Waals surface area contributed by atoms with Crippen LogP contribution in [0.15, 0.2) is 9.52 Å². The van der Waals surface area contributed by atoms with Crippen LogP contribution in [0, 0.1) is 24.2 Å². The first kappa shape index (κ1) is 13.3. The summed E-state index contributed by atoms with van der Waals surface area (Å²) < 4.78 is 4.89. The van der Waals surface area contributed by atoms with Crippen molar-refractivity contribution in [3.8, 4) is 6.07 Å². The first-order valence-corrected chi connectivity index (χ1v) is 6.39. The van der Waals surface area contributed by atoms with Gasteiger partial charge in [0.1, 0.15) is 0 Å². The smallest absolute Gasteiger partial charge is 0.223 e. The van der Waals surface area contributed by atoms with E-state index in [1.54, 1.807) is 14.0 Å². The maximum atomic E-state index is 9.05. The Labute approximate surface area is 112 Å². The Hall–Kier alpha value is -2.10. The Bertz CT molecular complexity index is 489. The van der Waals surface area contributed by atoms with Crippen molar-refractivity contribution in [2.75, 3.05) is 7.05 Å². The molecule has 1 fully saturated rings. The standard InChI is InChI=1S/C12H18N6O/c1-8-16-11(18-19-8)7-15-12(14-2)17-10-5-3-4-9(10)6-13/h9-10H,3-5,7H2,1-2H3,(H2,14,15,17). The van der Waals surface area contributed by atoms with Crippen molar-refractivity contribution in [3.63, 3.8) is 0 Å². The number of guanidine groups is 1. The SMILES string of the molecule is CN=C(NCc1noc(C)n1)NC1CCCC1C#N. The van der Waals surface area contributed by atoms with Crippen molar-refractivity contribution in [2.45, 2.75) is 38.8 Å². The number of aryl methyl sites for hydroxylation is 1. The van der Waals surface area contributed by atoms with Crippen LogP contribution in [-0.4, -0.2) is 29.2 Å². The zero-order chi connectivity index (χ0) is 13.7. The molecule has 2 N–H and O–H groups in total. The highest BCUT2D eigenvalue weighted by Gasteiger charge is 2.27. The zero-order valence-electron chi connectivity index (χ0n) is 11.2. The molecular weight excluding hydrogens is 244 g/mol. The van der Waals surface area contributed by atoms with Crippen LogP contribution in [0.3, 0.4) is 0 Å². The van der Waals surface area contributed by atoms with Gasteiger partial charge in [-0.25, -0.2) is 0 Å². The molecular formula is C12H18N6O. The highest BCUT2D eigenvalue weighted by Crippen LogP contribution is 2.24. The number of nitrogens with zero attached hydrogens (tertiary/aromatic N) is 4. The molecule has 0 radical (unpaired) electrons. The maximum absolute atomic E-state index is 9.05. The second kappa shape index (κ2) is 6.18. The molecule has 0 bridgehead atoms. The highest BCUT2D eigenvalue weighted by molar-refractivity contribution is 5.79. The average molecular weight is 262 g/mol. The number of nitrogens with one attached hydrogen (secondary N) is 2. The van der Waals surface area contributed by atoms with Crippen molar-refractivity contribution in [1.82, 2.24) is 20.8 Å². The molecule has 1 aromatic heterocycles. The van der Waals surface area contributed by atoms with E-state index in [0.29, 0.717) is 24.2 Å². The summed E-state index contributed by atoms with van der Waals surface area (Å²) in [7, 11) is 1.70. The van der Waals surface area contributed by atoms with Gasteiger partial charge in [-0.3, -0.25) is 4.99 Å². The minimum Gasteiger partial charge on any atom is -0.352 e. The third-order valence-electron chi connectivity index (χ3n) is 3.21. The summed E-state index contributed by atoms with van der Waals surface area (Å²) in [4.78, 5) is 8.25. The first-order chi connectivity index (χ1) is 9.22. The van der Waals surface area contributed by atoms with Gasteiger partial charge in [0, 0.05) is 20.0 Å². The van der Waals surface area contributed by atoms with E-state index in [0.717, 1.165) is 19.3 Å². The van der Waals surface area contributed by atoms with E-state index in [1.165, 1.54) is 0 Å². The fourth-order valence-electron chi connectivity index (χ4n) is 2.23. The predicted octanol–water partition coefficient (Wildman–Crippen LogP) is 0.735. The molecule has 1 aliphatic rings. The van der Waals surface area contributed by atoms with Crippen LogP contribution in [0.25, 0.3) is 0 Å². The molecule has 1 aromatic rings. The molecule has 102 valence electrons. The summed E-state index contributed by atoms with van der Waals surface area (Å²) in [6, 6.07) is 2.51. The minimum absolute atomic E-state index is 0.0611. The largest absolute Gasteiger partial charge is 0.352 e. The summed E-state index contributed by atoms with van der Waals surface area (Å²) in [6.07, 6.45) is 3.03. The number of rotatable bonds is 3. The molecule has 19 heavy (non-hydrogen) atoms. The lowest BCUT2D eigenvalue weighted by atomic mass is 10.1. The van der Waals surface area contributed by atoms with Crippen molar-refractivity contribution in [2.24, 2.45) is 10.9 Å². The number of nitriles is 1. The van der Waals surface area contributed by atoms with Crippen molar-refractivity contribution >= 4 is 5.96 Å². The molecule has 7 heteroatoms. The predicted molar refractivity (Wildman–Crippen MR) is 69.1 cm³/mol. The van der Waals surface area contributed by atoms with Gasteiger partial charge >= 0.3 is 0 Å².